The number of methoxy groups -OCH3 is 1. The summed E-state index contributed by atoms with van der Waals surface area (Å²) in [6.07, 6.45) is 1.36. The van der Waals surface area contributed by atoms with Crippen LogP contribution in [0.4, 0.5) is 0 Å². The van der Waals surface area contributed by atoms with Crippen LogP contribution >= 0.6 is 0 Å². The maximum Gasteiger partial charge on any atom is 0.291 e. The largest absolute Gasteiger partial charge is 0.504 e. The van der Waals surface area contributed by atoms with Crippen molar-refractivity contribution in [2.75, 3.05) is 7.11 Å². The Morgan fingerprint density at radius 1 is 1.06 bits per heavy atom. The molecular weight excluding hydrogens is 416 g/mol. The molecule has 33 heavy (non-hydrogen) atoms. The molecule has 166 valence electrons. The SMILES string of the molecule is COc1cccc(/C=N\NC(=O)c2cc(-c3ccc(C)cc3)n(-c3ccccc3C)n2)c1O. The average molecular weight is 441 g/mol. The van der Waals surface area contributed by atoms with Gasteiger partial charge in [0.25, 0.3) is 5.91 Å². The Bertz CT molecular complexity index is 1320. The van der Waals surface area contributed by atoms with E-state index in [0.717, 1.165) is 28.1 Å². The van der Waals surface area contributed by atoms with Gasteiger partial charge < -0.3 is 9.84 Å². The molecular formula is C26H24N4O3. The first-order valence-corrected chi connectivity index (χ1v) is 10.4. The van der Waals surface area contributed by atoms with E-state index >= 15 is 0 Å². The van der Waals surface area contributed by atoms with Crippen molar-refractivity contribution in [2.24, 2.45) is 5.10 Å². The number of aryl methyl sites for hydroxylation is 2. The van der Waals surface area contributed by atoms with E-state index in [1.54, 1.807) is 28.9 Å². The maximum atomic E-state index is 12.8. The molecule has 0 atom stereocenters. The Kier molecular flexibility index (Phi) is 6.22. The van der Waals surface area contributed by atoms with Crippen LogP contribution in [0.25, 0.3) is 16.9 Å². The second kappa shape index (κ2) is 9.40. The number of benzene rings is 3. The topological polar surface area (TPSA) is 88.7 Å². The Labute approximate surface area is 192 Å². The molecule has 7 nitrogen and oxygen atoms in total. The van der Waals surface area contributed by atoms with Crippen LogP contribution < -0.4 is 10.2 Å². The number of phenolic OH excluding ortho intramolecular Hbond substituents is 1. The van der Waals surface area contributed by atoms with Gasteiger partial charge in [0.2, 0.25) is 0 Å². The first-order chi connectivity index (χ1) is 16.0. The molecule has 2 N–H and O–H groups in total. The lowest BCUT2D eigenvalue weighted by molar-refractivity contribution is 0.0949. The van der Waals surface area contributed by atoms with Crippen LogP contribution in [0.15, 0.2) is 77.9 Å². The summed E-state index contributed by atoms with van der Waals surface area (Å²) >= 11 is 0. The minimum atomic E-state index is -0.464. The second-order valence-corrected chi connectivity index (χ2v) is 7.58. The van der Waals surface area contributed by atoms with Crippen molar-refractivity contribution in [2.45, 2.75) is 13.8 Å². The van der Waals surface area contributed by atoms with Gasteiger partial charge in [0.1, 0.15) is 0 Å². The first-order valence-electron chi connectivity index (χ1n) is 10.4. The molecule has 0 unspecified atom stereocenters. The van der Waals surface area contributed by atoms with Gasteiger partial charge in [-0.25, -0.2) is 10.1 Å². The number of aromatic hydroxyl groups is 1. The molecule has 0 saturated heterocycles. The third-order valence-corrected chi connectivity index (χ3v) is 5.25. The average Bonchev–Trinajstić information content (AvgIpc) is 3.26. The number of amides is 1. The van der Waals surface area contributed by atoms with Gasteiger partial charge >= 0.3 is 0 Å². The lowest BCUT2D eigenvalue weighted by Crippen LogP contribution is -2.18. The number of carbonyl (C=O) groups excluding carboxylic acids is 1. The molecule has 0 aliphatic rings. The van der Waals surface area contributed by atoms with Crippen molar-refractivity contribution in [3.63, 3.8) is 0 Å². The van der Waals surface area contributed by atoms with Crippen LogP contribution in [0.1, 0.15) is 27.2 Å². The van der Waals surface area contributed by atoms with Crippen molar-refractivity contribution in [3.8, 4) is 28.4 Å². The molecule has 0 aliphatic carbocycles. The summed E-state index contributed by atoms with van der Waals surface area (Å²) in [5.41, 5.74) is 7.93. The minimum absolute atomic E-state index is 0.0523. The number of hydrazone groups is 1. The van der Waals surface area contributed by atoms with Crippen LogP contribution in [0.2, 0.25) is 0 Å². The molecule has 4 rings (SSSR count). The van der Waals surface area contributed by atoms with E-state index in [2.05, 4.69) is 15.6 Å². The summed E-state index contributed by atoms with van der Waals surface area (Å²) in [7, 11) is 1.47. The van der Waals surface area contributed by atoms with Gasteiger partial charge in [-0.1, -0.05) is 54.1 Å². The zero-order valence-corrected chi connectivity index (χ0v) is 18.6. The third kappa shape index (κ3) is 4.62. The van der Waals surface area contributed by atoms with E-state index in [9.17, 15) is 9.90 Å². The number of hydrogen-bond donors (Lipinski definition) is 2. The number of hydrogen-bond acceptors (Lipinski definition) is 5. The lowest BCUT2D eigenvalue weighted by Gasteiger charge is -2.10. The highest BCUT2D eigenvalue weighted by Gasteiger charge is 2.17. The zero-order chi connectivity index (χ0) is 23.4. The predicted octanol–water partition coefficient (Wildman–Crippen LogP) is 4.63. The fourth-order valence-electron chi connectivity index (χ4n) is 3.43. The van der Waals surface area contributed by atoms with Crippen LogP contribution in [0, 0.1) is 13.8 Å². The molecule has 1 aromatic heterocycles. The van der Waals surface area contributed by atoms with Crippen molar-refractivity contribution in [1.29, 1.82) is 0 Å². The second-order valence-electron chi connectivity index (χ2n) is 7.58. The summed E-state index contributed by atoms with van der Waals surface area (Å²) < 4.78 is 6.86. The van der Waals surface area contributed by atoms with Gasteiger partial charge in [-0.2, -0.15) is 10.2 Å². The van der Waals surface area contributed by atoms with Crippen LogP contribution in [0.3, 0.4) is 0 Å². The monoisotopic (exact) mass is 440 g/mol. The summed E-state index contributed by atoms with van der Waals surface area (Å²) in [6.45, 7) is 4.03. The molecule has 0 bridgehead atoms. The van der Waals surface area contributed by atoms with Gasteiger partial charge in [-0.3, -0.25) is 4.79 Å². The summed E-state index contributed by atoms with van der Waals surface area (Å²) in [4.78, 5) is 12.8. The Hall–Kier alpha value is -4.39. The lowest BCUT2D eigenvalue weighted by atomic mass is 10.1. The highest BCUT2D eigenvalue weighted by atomic mass is 16.5. The summed E-state index contributed by atoms with van der Waals surface area (Å²) in [5.74, 6) is -0.192. The Morgan fingerprint density at radius 3 is 2.55 bits per heavy atom. The number of rotatable bonds is 6. The highest BCUT2D eigenvalue weighted by molar-refractivity contribution is 5.94. The van der Waals surface area contributed by atoms with E-state index in [0.29, 0.717) is 11.3 Å². The van der Waals surface area contributed by atoms with E-state index in [-0.39, 0.29) is 11.4 Å². The van der Waals surface area contributed by atoms with Crippen LogP contribution in [-0.2, 0) is 0 Å². The predicted molar refractivity (Wildman–Crippen MR) is 128 cm³/mol. The molecule has 1 amide bonds. The quantitative estimate of drug-likeness (QED) is 0.338. The molecule has 0 radical (unpaired) electrons. The molecule has 0 aliphatic heterocycles. The molecule has 0 spiro atoms. The van der Waals surface area contributed by atoms with Crippen molar-refractivity contribution < 1.29 is 14.6 Å². The van der Waals surface area contributed by atoms with Crippen LogP contribution in [-0.4, -0.2) is 34.1 Å². The van der Waals surface area contributed by atoms with Gasteiger partial charge in [0, 0.05) is 11.1 Å². The zero-order valence-electron chi connectivity index (χ0n) is 18.6. The molecule has 7 heteroatoms. The van der Waals surface area contributed by atoms with Crippen molar-refractivity contribution >= 4 is 12.1 Å². The number of ether oxygens (including phenoxy) is 1. The molecule has 1 heterocycles. The first kappa shape index (κ1) is 21.8. The standard InChI is InChI=1S/C26H24N4O3/c1-17-11-13-19(14-12-17)23-15-21(29-30(23)22-9-5-4-7-18(22)2)26(32)28-27-16-20-8-6-10-24(33-3)25(20)31/h4-16,31H,1-3H3,(H,28,32)/b27-16-. The number of nitrogens with zero attached hydrogens (tertiary/aromatic N) is 3. The third-order valence-electron chi connectivity index (χ3n) is 5.25. The molecule has 4 aromatic rings. The summed E-state index contributed by atoms with van der Waals surface area (Å²) in [5, 5.41) is 18.7. The number of aromatic nitrogens is 2. The fourth-order valence-corrected chi connectivity index (χ4v) is 3.43. The van der Waals surface area contributed by atoms with Crippen molar-refractivity contribution in [1.82, 2.24) is 15.2 Å². The smallest absolute Gasteiger partial charge is 0.291 e. The molecule has 0 saturated carbocycles. The number of phenols is 1. The Morgan fingerprint density at radius 2 is 1.82 bits per heavy atom. The minimum Gasteiger partial charge on any atom is -0.504 e. The van der Waals surface area contributed by atoms with Gasteiger partial charge in [-0.15, -0.1) is 0 Å². The fraction of sp³-hybridized carbons (Fsp3) is 0.115. The van der Waals surface area contributed by atoms with E-state index in [4.69, 9.17) is 4.74 Å². The van der Waals surface area contributed by atoms with Crippen molar-refractivity contribution in [3.05, 3.63) is 95.2 Å². The van der Waals surface area contributed by atoms with Gasteiger partial charge in [0.15, 0.2) is 17.2 Å². The molecule has 3 aromatic carbocycles. The molecule has 0 fully saturated rings. The summed E-state index contributed by atoms with van der Waals surface area (Å²) in [6, 6.07) is 22.7. The van der Waals surface area contributed by atoms with E-state index in [1.165, 1.54) is 13.3 Å². The highest BCUT2D eigenvalue weighted by Crippen LogP contribution is 2.28. The number of para-hydroxylation sites is 2. The maximum absolute atomic E-state index is 12.8. The Balaban J connectivity index is 1.65. The van der Waals surface area contributed by atoms with E-state index in [1.807, 2.05) is 62.4 Å². The van der Waals surface area contributed by atoms with Gasteiger partial charge in [0.05, 0.1) is 24.7 Å². The van der Waals surface area contributed by atoms with Gasteiger partial charge in [-0.05, 0) is 43.7 Å². The van der Waals surface area contributed by atoms with Crippen LogP contribution in [0.5, 0.6) is 11.5 Å². The normalized spacial score (nSPS) is 11.0. The number of carbonyl (C=O) groups is 1. The number of nitrogens with one attached hydrogen (secondary N) is 1. The van der Waals surface area contributed by atoms with E-state index < -0.39 is 5.91 Å².